The maximum Gasteiger partial charge on any atom is 0.111 e. The topological polar surface area (TPSA) is 21.1 Å². The average Bonchev–Trinajstić information content (AvgIpc) is 3.07. The van der Waals surface area contributed by atoms with Crippen LogP contribution in [0.1, 0.15) is 43.6 Å². The molecule has 0 radical (unpaired) electrons. The highest BCUT2D eigenvalue weighted by Crippen LogP contribution is 2.26. The summed E-state index contributed by atoms with van der Waals surface area (Å²) in [5, 5.41) is 0. The number of aromatic nitrogens is 2. The van der Waals surface area contributed by atoms with Gasteiger partial charge in [0.2, 0.25) is 0 Å². The van der Waals surface area contributed by atoms with Gasteiger partial charge in [-0.05, 0) is 12.0 Å². The van der Waals surface area contributed by atoms with Crippen LogP contribution >= 0.6 is 0 Å². The third-order valence-electron chi connectivity index (χ3n) is 4.10. The lowest BCUT2D eigenvalue weighted by Crippen LogP contribution is -2.21. The summed E-state index contributed by atoms with van der Waals surface area (Å²) in [6.07, 6.45) is 5.31. The minimum absolute atomic E-state index is 0.494. The summed E-state index contributed by atoms with van der Waals surface area (Å²) in [7, 11) is 0. The van der Waals surface area contributed by atoms with E-state index in [0.29, 0.717) is 12.0 Å². The monoisotopic (exact) mass is 269 g/mol. The van der Waals surface area contributed by atoms with Crippen molar-refractivity contribution in [1.82, 2.24) is 14.5 Å². The number of likely N-dealkylation sites (tertiary alicyclic amines) is 1. The van der Waals surface area contributed by atoms with Gasteiger partial charge in [-0.15, -0.1) is 0 Å². The van der Waals surface area contributed by atoms with E-state index in [9.17, 15) is 0 Å². The molecule has 1 fully saturated rings. The molecule has 3 heteroatoms. The van der Waals surface area contributed by atoms with E-state index in [4.69, 9.17) is 0 Å². The molecule has 0 N–H and O–H groups in total. The molecular weight excluding hydrogens is 246 g/mol. The predicted molar refractivity (Wildman–Crippen MR) is 81.7 cm³/mol. The van der Waals surface area contributed by atoms with Gasteiger partial charge in [0, 0.05) is 44.0 Å². The van der Waals surface area contributed by atoms with Gasteiger partial charge in [-0.25, -0.2) is 4.98 Å². The maximum absolute atomic E-state index is 4.51. The molecule has 0 aliphatic carbocycles. The Labute approximate surface area is 121 Å². The van der Waals surface area contributed by atoms with Crippen LogP contribution in [0, 0.1) is 0 Å². The van der Waals surface area contributed by atoms with Gasteiger partial charge in [-0.3, -0.25) is 4.90 Å². The van der Waals surface area contributed by atoms with Gasteiger partial charge < -0.3 is 4.57 Å². The van der Waals surface area contributed by atoms with E-state index in [1.807, 2.05) is 6.20 Å². The maximum atomic E-state index is 4.51. The Hall–Kier alpha value is -1.61. The minimum atomic E-state index is 0.494. The molecule has 0 amide bonds. The van der Waals surface area contributed by atoms with Crippen LogP contribution in [0.4, 0.5) is 0 Å². The van der Waals surface area contributed by atoms with Crippen LogP contribution in [0.3, 0.4) is 0 Å². The molecule has 2 aromatic rings. The second-order valence-corrected chi connectivity index (χ2v) is 6.01. The summed E-state index contributed by atoms with van der Waals surface area (Å²) in [6, 6.07) is 11.3. The van der Waals surface area contributed by atoms with E-state index < -0.39 is 0 Å². The van der Waals surface area contributed by atoms with Gasteiger partial charge in [0.25, 0.3) is 0 Å². The molecule has 1 saturated heterocycles. The van der Waals surface area contributed by atoms with E-state index >= 15 is 0 Å². The zero-order valence-electron chi connectivity index (χ0n) is 12.4. The highest BCUT2D eigenvalue weighted by molar-refractivity contribution is 5.14. The fourth-order valence-corrected chi connectivity index (χ4v) is 3.11. The Balaban J connectivity index is 1.66. The second-order valence-electron chi connectivity index (χ2n) is 6.01. The lowest BCUT2D eigenvalue weighted by molar-refractivity contribution is 0.314. The number of imidazole rings is 1. The molecule has 1 aromatic heterocycles. The largest absolute Gasteiger partial charge is 0.330 e. The Morgan fingerprint density at radius 3 is 2.80 bits per heavy atom. The highest BCUT2D eigenvalue weighted by atomic mass is 15.2. The van der Waals surface area contributed by atoms with Crippen molar-refractivity contribution >= 4 is 0 Å². The van der Waals surface area contributed by atoms with Crippen LogP contribution in [0.5, 0.6) is 0 Å². The molecule has 0 spiro atoms. The third-order valence-corrected chi connectivity index (χ3v) is 4.10. The van der Waals surface area contributed by atoms with Crippen molar-refractivity contribution in [3.05, 3.63) is 54.1 Å². The van der Waals surface area contributed by atoms with Crippen LogP contribution < -0.4 is 0 Å². The quantitative estimate of drug-likeness (QED) is 0.847. The number of benzene rings is 1. The van der Waals surface area contributed by atoms with Crippen LogP contribution in [0.25, 0.3) is 0 Å². The van der Waals surface area contributed by atoms with Crippen molar-refractivity contribution in [2.45, 2.75) is 38.8 Å². The van der Waals surface area contributed by atoms with Gasteiger partial charge >= 0.3 is 0 Å². The van der Waals surface area contributed by atoms with Crippen LogP contribution in [0.15, 0.2) is 42.7 Å². The number of hydrogen-bond acceptors (Lipinski definition) is 2. The fourth-order valence-electron chi connectivity index (χ4n) is 3.11. The SMILES string of the molecule is CC(C)c1nccn1[C@H]1CCN(Cc2ccccc2)C1. The van der Waals surface area contributed by atoms with Crippen molar-refractivity contribution < 1.29 is 0 Å². The van der Waals surface area contributed by atoms with E-state index in [2.05, 4.69) is 64.8 Å². The molecule has 1 atom stereocenters. The van der Waals surface area contributed by atoms with Crippen LogP contribution in [-0.2, 0) is 6.54 Å². The van der Waals surface area contributed by atoms with Gasteiger partial charge in [0.05, 0.1) is 0 Å². The van der Waals surface area contributed by atoms with E-state index in [1.54, 1.807) is 0 Å². The molecule has 0 saturated carbocycles. The first-order valence-electron chi connectivity index (χ1n) is 7.53. The standard InChI is InChI=1S/C17H23N3/c1-14(2)17-18-9-11-20(17)16-8-10-19(13-16)12-15-6-4-3-5-7-15/h3-7,9,11,14,16H,8,10,12-13H2,1-2H3/t16-/m0/s1. The van der Waals surface area contributed by atoms with Crippen molar-refractivity contribution in [2.75, 3.05) is 13.1 Å². The number of hydrogen-bond donors (Lipinski definition) is 0. The fraction of sp³-hybridized carbons (Fsp3) is 0.471. The molecule has 1 aromatic carbocycles. The number of rotatable bonds is 4. The first-order valence-corrected chi connectivity index (χ1v) is 7.53. The molecule has 0 bridgehead atoms. The van der Waals surface area contributed by atoms with Gasteiger partial charge in [0.15, 0.2) is 0 Å². The van der Waals surface area contributed by atoms with Crippen molar-refractivity contribution in [2.24, 2.45) is 0 Å². The van der Waals surface area contributed by atoms with Gasteiger partial charge in [0.1, 0.15) is 5.82 Å². The zero-order chi connectivity index (χ0) is 13.9. The molecule has 106 valence electrons. The first kappa shape index (κ1) is 13.4. The summed E-state index contributed by atoms with van der Waals surface area (Å²) >= 11 is 0. The van der Waals surface area contributed by atoms with Crippen molar-refractivity contribution in [3.8, 4) is 0 Å². The minimum Gasteiger partial charge on any atom is -0.330 e. The van der Waals surface area contributed by atoms with E-state index in [0.717, 1.165) is 13.1 Å². The molecule has 1 aliphatic heterocycles. The third kappa shape index (κ3) is 2.78. The van der Waals surface area contributed by atoms with Crippen LogP contribution in [0.2, 0.25) is 0 Å². The highest BCUT2D eigenvalue weighted by Gasteiger charge is 2.25. The Morgan fingerprint density at radius 1 is 1.25 bits per heavy atom. The normalized spacial score (nSPS) is 19.9. The van der Waals surface area contributed by atoms with E-state index in [1.165, 1.54) is 24.4 Å². The smallest absolute Gasteiger partial charge is 0.111 e. The zero-order valence-corrected chi connectivity index (χ0v) is 12.4. The Bertz CT molecular complexity index is 544. The molecule has 3 nitrogen and oxygen atoms in total. The molecule has 3 rings (SSSR count). The Kier molecular flexibility index (Phi) is 3.88. The van der Waals surface area contributed by atoms with Gasteiger partial charge in [-0.1, -0.05) is 44.2 Å². The van der Waals surface area contributed by atoms with Gasteiger partial charge in [-0.2, -0.15) is 0 Å². The van der Waals surface area contributed by atoms with Crippen LogP contribution in [-0.4, -0.2) is 27.5 Å². The first-order chi connectivity index (χ1) is 9.74. The summed E-state index contributed by atoms with van der Waals surface area (Å²) in [6.45, 7) is 7.80. The summed E-state index contributed by atoms with van der Waals surface area (Å²) in [5.74, 6) is 1.71. The summed E-state index contributed by atoms with van der Waals surface area (Å²) < 4.78 is 2.38. The lowest BCUT2D eigenvalue weighted by Gasteiger charge is -2.19. The summed E-state index contributed by atoms with van der Waals surface area (Å²) in [5.41, 5.74) is 1.41. The molecular formula is C17H23N3. The second kappa shape index (κ2) is 5.80. The molecule has 1 aliphatic rings. The average molecular weight is 269 g/mol. The molecule has 20 heavy (non-hydrogen) atoms. The van der Waals surface area contributed by atoms with Crippen molar-refractivity contribution in [3.63, 3.8) is 0 Å². The molecule has 2 heterocycles. The number of nitrogens with zero attached hydrogens (tertiary/aromatic N) is 3. The molecule has 0 unspecified atom stereocenters. The lowest BCUT2D eigenvalue weighted by atomic mass is 10.2. The Morgan fingerprint density at radius 2 is 2.05 bits per heavy atom. The summed E-state index contributed by atoms with van der Waals surface area (Å²) in [4.78, 5) is 7.06. The van der Waals surface area contributed by atoms with E-state index in [-0.39, 0.29) is 0 Å². The van der Waals surface area contributed by atoms with Crippen molar-refractivity contribution in [1.29, 1.82) is 0 Å². The predicted octanol–water partition coefficient (Wildman–Crippen LogP) is 3.45.